The van der Waals surface area contributed by atoms with Gasteiger partial charge in [0, 0.05) is 6.42 Å². The summed E-state index contributed by atoms with van der Waals surface area (Å²) in [6.45, 7) is 1.95. The van der Waals surface area contributed by atoms with Crippen LogP contribution in [0, 0.1) is 0 Å². The standard InChI is InChI=1S/C13H16O/c1-2-3-5-10-13(14)11-12-8-6-4-7-9-12/h2-10,13-14H,11H2,1H3/b3-2+,10-5+. The van der Waals surface area contributed by atoms with Crippen LogP contribution in [-0.4, -0.2) is 11.2 Å². The fourth-order valence-corrected chi connectivity index (χ4v) is 1.23. The van der Waals surface area contributed by atoms with Crippen molar-refractivity contribution in [2.24, 2.45) is 0 Å². The number of hydrogen-bond acceptors (Lipinski definition) is 1. The summed E-state index contributed by atoms with van der Waals surface area (Å²) < 4.78 is 0. The van der Waals surface area contributed by atoms with Gasteiger partial charge in [-0.05, 0) is 12.5 Å². The lowest BCUT2D eigenvalue weighted by Crippen LogP contribution is -2.05. The third kappa shape index (κ3) is 4.06. The summed E-state index contributed by atoms with van der Waals surface area (Å²) in [6, 6.07) is 9.99. The van der Waals surface area contributed by atoms with Crippen molar-refractivity contribution in [2.45, 2.75) is 19.4 Å². The van der Waals surface area contributed by atoms with Gasteiger partial charge in [-0.2, -0.15) is 0 Å². The summed E-state index contributed by atoms with van der Waals surface area (Å²) in [5.74, 6) is 0. The molecular weight excluding hydrogens is 172 g/mol. The molecule has 0 bridgehead atoms. The van der Waals surface area contributed by atoms with Gasteiger partial charge in [0.1, 0.15) is 0 Å². The van der Waals surface area contributed by atoms with E-state index in [2.05, 4.69) is 0 Å². The normalized spacial score (nSPS) is 13.9. The molecule has 0 aliphatic heterocycles. The predicted molar refractivity (Wildman–Crippen MR) is 60.1 cm³/mol. The highest BCUT2D eigenvalue weighted by molar-refractivity contribution is 5.17. The first-order valence-electron chi connectivity index (χ1n) is 4.84. The maximum Gasteiger partial charge on any atom is 0.0764 e. The number of benzene rings is 1. The zero-order valence-electron chi connectivity index (χ0n) is 8.43. The molecule has 0 saturated carbocycles. The highest BCUT2D eigenvalue weighted by atomic mass is 16.3. The van der Waals surface area contributed by atoms with Gasteiger partial charge in [-0.1, -0.05) is 54.6 Å². The molecule has 0 heterocycles. The summed E-state index contributed by atoms with van der Waals surface area (Å²) >= 11 is 0. The number of rotatable bonds is 4. The molecule has 0 aromatic heterocycles. The molecule has 1 heteroatoms. The lowest BCUT2D eigenvalue weighted by molar-refractivity contribution is 0.224. The van der Waals surface area contributed by atoms with Crippen molar-refractivity contribution < 1.29 is 5.11 Å². The van der Waals surface area contributed by atoms with Crippen LogP contribution in [0.4, 0.5) is 0 Å². The molecule has 1 nitrogen and oxygen atoms in total. The monoisotopic (exact) mass is 188 g/mol. The lowest BCUT2D eigenvalue weighted by atomic mass is 10.1. The van der Waals surface area contributed by atoms with Gasteiger partial charge in [0.05, 0.1) is 6.10 Å². The molecule has 74 valence electrons. The van der Waals surface area contributed by atoms with Crippen molar-refractivity contribution in [3.8, 4) is 0 Å². The molecule has 1 N–H and O–H groups in total. The van der Waals surface area contributed by atoms with E-state index in [1.165, 1.54) is 0 Å². The summed E-state index contributed by atoms with van der Waals surface area (Å²) in [6.07, 6.45) is 7.80. The van der Waals surface area contributed by atoms with Crippen LogP contribution in [0.15, 0.2) is 54.6 Å². The van der Waals surface area contributed by atoms with Crippen molar-refractivity contribution >= 4 is 0 Å². The first-order chi connectivity index (χ1) is 6.83. The minimum Gasteiger partial charge on any atom is -0.389 e. The average Bonchev–Trinajstić information content (AvgIpc) is 2.20. The van der Waals surface area contributed by atoms with E-state index in [0.29, 0.717) is 6.42 Å². The summed E-state index contributed by atoms with van der Waals surface area (Å²) in [5, 5.41) is 9.61. The molecule has 0 radical (unpaired) electrons. The Labute approximate surface area is 85.4 Å². The van der Waals surface area contributed by atoms with E-state index in [-0.39, 0.29) is 0 Å². The second-order valence-electron chi connectivity index (χ2n) is 3.17. The number of aliphatic hydroxyl groups is 1. The highest BCUT2D eigenvalue weighted by Crippen LogP contribution is 2.03. The zero-order valence-corrected chi connectivity index (χ0v) is 8.43. The van der Waals surface area contributed by atoms with E-state index in [1.807, 2.05) is 55.5 Å². The van der Waals surface area contributed by atoms with Crippen molar-refractivity contribution in [3.05, 3.63) is 60.2 Å². The summed E-state index contributed by atoms with van der Waals surface area (Å²) in [5.41, 5.74) is 1.16. The fraction of sp³-hybridized carbons (Fsp3) is 0.231. The van der Waals surface area contributed by atoms with Crippen LogP contribution >= 0.6 is 0 Å². The molecule has 1 aromatic carbocycles. The van der Waals surface area contributed by atoms with Gasteiger partial charge in [-0.3, -0.25) is 0 Å². The zero-order chi connectivity index (χ0) is 10.2. The van der Waals surface area contributed by atoms with Crippen LogP contribution in [0.5, 0.6) is 0 Å². The molecule has 0 aliphatic rings. The van der Waals surface area contributed by atoms with E-state index < -0.39 is 6.10 Å². The first kappa shape index (κ1) is 10.7. The molecule has 1 rings (SSSR count). The average molecular weight is 188 g/mol. The maximum absolute atomic E-state index is 9.61. The molecule has 0 aliphatic carbocycles. The van der Waals surface area contributed by atoms with E-state index in [0.717, 1.165) is 5.56 Å². The Morgan fingerprint density at radius 2 is 1.93 bits per heavy atom. The van der Waals surface area contributed by atoms with Gasteiger partial charge in [-0.15, -0.1) is 0 Å². The van der Waals surface area contributed by atoms with Crippen LogP contribution in [0.2, 0.25) is 0 Å². The molecular formula is C13H16O. The molecule has 1 aromatic rings. The summed E-state index contributed by atoms with van der Waals surface area (Å²) in [4.78, 5) is 0. The van der Waals surface area contributed by atoms with Crippen LogP contribution in [0.1, 0.15) is 12.5 Å². The topological polar surface area (TPSA) is 20.2 Å². The van der Waals surface area contributed by atoms with Gasteiger partial charge >= 0.3 is 0 Å². The molecule has 0 saturated heterocycles. The SMILES string of the molecule is C/C=C/C=C/C(O)Cc1ccccc1. The predicted octanol–water partition coefficient (Wildman–Crippen LogP) is 2.72. The highest BCUT2D eigenvalue weighted by Gasteiger charge is 1.99. The first-order valence-corrected chi connectivity index (χ1v) is 4.84. The molecule has 0 fully saturated rings. The maximum atomic E-state index is 9.61. The fourth-order valence-electron chi connectivity index (χ4n) is 1.23. The smallest absolute Gasteiger partial charge is 0.0764 e. The number of allylic oxidation sites excluding steroid dienone is 3. The van der Waals surface area contributed by atoms with Gasteiger partial charge < -0.3 is 5.11 Å². The van der Waals surface area contributed by atoms with E-state index in [1.54, 1.807) is 6.08 Å². The van der Waals surface area contributed by atoms with Gasteiger partial charge in [0.15, 0.2) is 0 Å². The third-order valence-electron chi connectivity index (χ3n) is 1.92. The Morgan fingerprint density at radius 3 is 2.57 bits per heavy atom. The third-order valence-corrected chi connectivity index (χ3v) is 1.92. The minimum atomic E-state index is -0.395. The molecule has 14 heavy (non-hydrogen) atoms. The van der Waals surface area contributed by atoms with Crippen LogP contribution in [0.25, 0.3) is 0 Å². The second kappa shape index (κ2) is 6.17. The van der Waals surface area contributed by atoms with Crippen molar-refractivity contribution in [1.29, 1.82) is 0 Å². The Kier molecular flexibility index (Phi) is 4.73. The van der Waals surface area contributed by atoms with Gasteiger partial charge in [0.25, 0.3) is 0 Å². The molecule has 1 atom stereocenters. The van der Waals surface area contributed by atoms with E-state index in [4.69, 9.17) is 0 Å². The minimum absolute atomic E-state index is 0.395. The lowest BCUT2D eigenvalue weighted by Gasteiger charge is -2.04. The second-order valence-corrected chi connectivity index (χ2v) is 3.17. The van der Waals surface area contributed by atoms with Crippen LogP contribution in [0.3, 0.4) is 0 Å². The largest absolute Gasteiger partial charge is 0.389 e. The molecule has 0 spiro atoms. The quantitative estimate of drug-likeness (QED) is 0.720. The van der Waals surface area contributed by atoms with Crippen molar-refractivity contribution in [3.63, 3.8) is 0 Å². The Hall–Kier alpha value is -1.34. The molecule has 1 unspecified atom stereocenters. The van der Waals surface area contributed by atoms with E-state index >= 15 is 0 Å². The Morgan fingerprint density at radius 1 is 1.21 bits per heavy atom. The Balaban J connectivity index is 2.45. The van der Waals surface area contributed by atoms with Crippen LogP contribution in [-0.2, 0) is 6.42 Å². The van der Waals surface area contributed by atoms with Crippen LogP contribution < -0.4 is 0 Å². The molecule has 0 amide bonds. The van der Waals surface area contributed by atoms with Crippen molar-refractivity contribution in [2.75, 3.05) is 0 Å². The van der Waals surface area contributed by atoms with Gasteiger partial charge in [-0.25, -0.2) is 0 Å². The summed E-state index contributed by atoms with van der Waals surface area (Å²) in [7, 11) is 0. The van der Waals surface area contributed by atoms with Gasteiger partial charge in [0.2, 0.25) is 0 Å². The Bertz CT molecular complexity index is 298. The van der Waals surface area contributed by atoms with Crippen molar-refractivity contribution in [1.82, 2.24) is 0 Å². The number of hydrogen-bond donors (Lipinski definition) is 1. The van der Waals surface area contributed by atoms with E-state index in [9.17, 15) is 5.11 Å². The number of aliphatic hydroxyl groups excluding tert-OH is 1.